The van der Waals surface area contributed by atoms with Crippen molar-refractivity contribution >= 4 is 16.9 Å². The molecule has 0 saturated heterocycles. The number of aliphatic carboxylic acids is 1. The van der Waals surface area contributed by atoms with Crippen LogP contribution in [0.4, 0.5) is 0 Å². The van der Waals surface area contributed by atoms with E-state index in [1.54, 1.807) is 6.92 Å². The summed E-state index contributed by atoms with van der Waals surface area (Å²) in [5.41, 5.74) is 2.07. The second kappa shape index (κ2) is 6.09. The highest BCUT2D eigenvalue weighted by atomic mass is 16.4. The molecule has 0 aliphatic heterocycles. The van der Waals surface area contributed by atoms with Crippen molar-refractivity contribution in [1.29, 1.82) is 0 Å². The number of nitrogens with zero attached hydrogens (tertiary/aromatic N) is 1. The fraction of sp³-hybridized carbons (Fsp3) is 0.438. The predicted octanol–water partition coefficient (Wildman–Crippen LogP) is 3.15. The Bertz CT molecular complexity index is 603. The van der Waals surface area contributed by atoms with E-state index < -0.39 is 5.97 Å². The molecule has 20 heavy (non-hydrogen) atoms. The Kier molecular flexibility index (Phi) is 4.45. The number of rotatable bonds is 6. The lowest BCUT2D eigenvalue weighted by molar-refractivity contribution is -0.141. The van der Waals surface area contributed by atoms with Crippen LogP contribution in [-0.4, -0.2) is 29.6 Å². The molecule has 1 N–H and O–H groups in total. The van der Waals surface area contributed by atoms with Crippen LogP contribution < -0.4 is 0 Å². The highest BCUT2D eigenvalue weighted by molar-refractivity contribution is 5.82. The summed E-state index contributed by atoms with van der Waals surface area (Å²) < 4.78 is 5.86. The minimum Gasteiger partial charge on any atom is -0.481 e. The first-order valence-electron chi connectivity index (χ1n) is 6.93. The van der Waals surface area contributed by atoms with E-state index in [1.807, 2.05) is 30.1 Å². The third-order valence-corrected chi connectivity index (χ3v) is 3.54. The minimum atomic E-state index is -0.760. The smallest absolute Gasteiger partial charge is 0.307 e. The van der Waals surface area contributed by atoms with Gasteiger partial charge < -0.3 is 14.4 Å². The normalized spacial score (nSPS) is 13.0. The van der Waals surface area contributed by atoms with Crippen molar-refractivity contribution in [2.75, 3.05) is 13.6 Å². The van der Waals surface area contributed by atoms with E-state index in [0.717, 1.165) is 23.2 Å². The van der Waals surface area contributed by atoms with Crippen molar-refractivity contribution in [3.63, 3.8) is 0 Å². The van der Waals surface area contributed by atoms with Crippen molar-refractivity contribution in [1.82, 2.24) is 4.90 Å². The first-order chi connectivity index (χ1) is 9.52. The zero-order chi connectivity index (χ0) is 14.7. The highest BCUT2D eigenvalue weighted by Crippen LogP contribution is 2.27. The van der Waals surface area contributed by atoms with Crippen molar-refractivity contribution in [2.24, 2.45) is 5.92 Å². The Balaban J connectivity index is 2.22. The molecule has 1 heterocycles. The van der Waals surface area contributed by atoms with Crippen molar-refractivity contribution < 1.29 is 14.3 Å². The lowest BCUT2D eigenvalue weighted by Crippen LogP contribution is -2.28. The van der Waals surface area contributed by atoms with Gasteiger partial charge in [0.25, 0.3) is 0 Å². The standard InChI is InChI=1S/C16H21NO3/c1-4-14-13(10-17(3)9-11(2)16(18)19)12-7-5-6-8-15(12)20-14/h5-8,11H,4,9-10H2,1-3H3,(H,18,19). The van der Waals surface area contributed by atoms with Crippen LogP contribution in [0.25, 0.3) is 11.0 Å². The molecule has 4 heteroatoms. The lowest BCUT2D eigenvalue weighted by Gasteiger charge is -2.19. The summed E-state index contributed by atoms with van der Waals surface area (Å²) in [7, 11) is 1.95. The first kappa shape index (κ1) is 14.6. The van der Waals surface area contributed by atoms with Gasteiger partial charge in [-0.25, -0.2) is 0 Å². The van der Waals surface area contributed by atoms with Gasteiger partial charge in [-0.3, -0.25) is 4.79 Å². The second-order valence-electron chi connectivity index (χ2n) is 5.29. The number of aryl methyl sites for hydroxylation is 1. The molecule has 1 aromatic heterocycles. The zero-order valence-electron chi connectivity index (χ0n) is 12.2. The summed E-state index contributed by atoms with van der Waals surface area (Å²) in [6.07, 6.45) is 0.840. The molecule has 0 aliphatic rings. The fourth-order valence-corrected chi connectivity index (χ4v) is 2.49. The summed E-state index contributed by atoms with van der Waals surface area (Å²) in [6, 6.07) is 7.99. The van der Waals surface area contributed by atoms with Gasteiger partial charge in [0.15, 0.2) is 0 Å². The molecule has 0 spiro atoms. The molecule has 2 rings (SSSR count). The largest absolute Gasteiger partial charge is 0.481 e. The van der Waals surface area contributed by atoms with Gasteiger partial charge in [-0.1, -0.05) is 32.0 Å². The third-order valence-electron chi connectivity index (χ3n) is 3.54. The molecular formula is C16H21NO3. The predicted molar refractivity (Wildman–Crippen MR) is 78.7 cm³/mol. The SMILES string of the molecule is CCc1oc2ccccc2c1CN(C)CC(C)C(=O)O. The van der Waals surface area contributed by atoms with E-state index in [4.69, 9.17) is 9.52 Å². The maximum Gasteiger partial charge on any atom is 0.307 e. The van der Waals surface area contributed by atoms with Crippen LogP contribution in [-0.2, 0) is 17.8 Å². The van der Waals surface area contributed by atoms with Gasteiger partial charge in [-0.05, 0) is 13.1 Å². The van der Waals surface area contributed by atoms with Crippen LogP contribution in [0.1, 0.15) is 25.2 Å². The van der Waals surface area contributed by atoms with Crippen LogP contribution in [0.3, 0.4) is 0 Å². The van der Waals surface area contributed by atoms with Gasteiger partial charge in [-0.15, -0.1) is 0 Å². The lowest BCUT2D eigenvalue weighted by atomic mass is 10.1. The first-order valence-corrected chi connectivity index (χ1v) is 6.93. The molecule has 0 saturated carbocycles. The van der Waals surface area contributed by atoms with Gasteiger partial charge >= 0.3 is 5.97 Å². The third kappa shape index (κ3) is 3.02. The van der Waals surface area contributed by atoms with Crippen LogP contribution in [0.15, 0.2) is 28.7 Å². The molecule has 0 amide bonds. The Hall–Kier alpha value is -1.81. The molecule has 0 aliphatic carbocycles. The fourth-order valence-electron chi connectivity index (χ4n) is 2.49. The van der Waals surface area contributed by atoms with Gasteiger partial charge in [-0.2, -0.15) is 0 Å². The molecule has 0 bridgehead atoms. The zero-order valence-corrected chi connectivity index (χ0v) is 12.2. The molecule has 108 valence electrons. The number of carboxylic acid groups (broad SMARTS) is 1. The van der Waals surface area contributed by atoms with E-state index in [0.29, 0.717) is 13.1 Å². The maximum atomic E-state index is 10.9. The van der Waals surface area contributed by atoms with Gasteiger partial charge in [0, 0.05) is 30.5 Å². The van der Waals surface area contributed by atoms with Crippen molar-refractivity contribution in [2.45, 2.75) is 26.8 Å². The van der Waals surface area contributed by atoms with Crippen LogP contribution in [0, 0.1) is 5.92 Å². The second-order valence-corrected chi connectivity index (χ2v) is 5.29. The van der Waals surface area contributed by atoms with Crippen LogP contribution in [0.2, 0.25) is 0 Å². The van der Waals surface area contributed by atoms with Crippen LogP contribution in [0.5, 0.6) is 0 Å². The number of carboxylic acids is 1. The molecule has 1 unspecified atom stereocenters. The molecule has 1 atom stereocenters. The van der Waals surface area contributed by atoms with E-state index in [2.05, 4.69) is 13.0 Å². The molecule has 0 radical (unpaired) electrons. The Morgan fingerprint density at radius 2 is 2.10 bits per heavy atom. The monoisotopic (exact) mass is 275 g/mol. The van der Waals surface area contributed by atoms with Gasteiger partial charge in [0.2, 0.25) is 0 Å². The molecule has 1 aromatic carbocycles. The quantitative estimate of drug-likeness (QED) is 0.880. The van der Waals surface area contributed by atoms with E-state index in [9.17, 15) is 4.79 Å². The Morgan fingerprint density at radius 3 is 2.75 bits per heavy atom. The molecular weight excluding hydrogens is 254 g/mol. The Morgan fingerprint density at radius 1 is 1.40 bits per heavy atom. The number of hydrogen-bond donors (Lipinski definition) is 1. The van der Waals surface area contributed by atoms with Crippen molar-refractivity contribution in [3.05, 3.63) is 35.6 Å². The number of hydrogen-bond acceptors (Lipinski definition) is 3. The number of carbonyl (C=O) groups is 1. The summed E-state index contributed by atoms with van der Waals surface area (Å²) in [5, 5.41) is 10.1. The molecule has 0 fully saturated rings. The molecule has 2 aromatic rings. The number of furan rings is 1. The topological polar surface area (TPSA) is 53.7 Å². The average Bonchev–Trinajstić information content (AvgIpc) is 2.76. The van der Waals surface area contributed by atoms with Gasteiger partial charge in [0.05, 0.1) is 5.92 Å². The minimum absolute atomic E-state index is 0.372. The van der Waals surface area contributed by atoms with Crippen molar-refractivity contribution in [3.8, 4) is 0 Å². The maximum absolute atomic E-state index is 10.9. The summed E-state index contributed by atoms with van der Waals surface area (Å²) in [4.78, 5) is 13.0. The number of para-hydroxylation sites is 1. The summed E-state index contributed by atoms with van der Waals surface area (Å²) >= 11 is 0. The summed E-state index contributed by atoms with van der Waals surface area (Å²) in [6.45, 7) is 5.03. The average molecular weight is 275 g/mol. The number of benzene rings is 1. The molecule has 4 nitrogen and oxygen atoms in total. The van der Waals surface area contributed by atoms with E-state index >= 15 is 0 Å². The van der Waals surface area contributed by atoms with E-state index in [-0.39, 0.29) is 5.92 Å². The van der Waals surface area contributed by atoms with Gasteiger partial charge in [0.1, 0.15) is 11.3 Å². The van der Waals surface area contributed by atoms with Crippen LogP contribution >= 0.6 is 0 Å². The highest BCUT2D eigenvalue weighted by Gasteiger charge is 2.17. The number of fused-ring (bicyclic) bond motifs is 1. The van der Waals surface area contributed by atoms with E-state index in [1.165, 1.54) is 5.56 Å². The Labute approximate surface area is 119 Å². The summed E-state index contributed by atoms with van der Waals surface area (Å²) in [5.74, 6) is -0.145.